The Balaban J connectivity index is 2.31. The summed E-state index contributed by atoms with van der Waals surface area (Å²) in [5, 5.41) is 42.7. The molecule has 1 fully saturated rings. The fraction of sp³-hybridized carbons (Fsp3) is 0.634. The number of aliphatic hydroxyl groups excluding tert-OH is 1. The number of aliphatic imine (C=N–C) groups is 1. The number of likely N-dealkylation sites (tertiary alicyclic amines) is 1. The number of nitrogens with one attached hydrogen (secondary N) is 5. The van der Waals surface area contributed by atoms with E-state index in [1.165, 1.54) is 6.92 Å². The molecule has 21 heteroatoms. The maximum atomic E-state index is 13.9. The summed E-state index contributed by atoms with van der Waals surface area (Å²) in [4.78, 5) is 111. The molecule has 1 aliphatic rings. The fourth-order valence-corrected chi connectivity index (χ4v) is 6.78. The van der Waals surface area contributed by atoms with Crippen molar-refractivity contribution in [1.29, 1.82) is 0 Å². The molecule has 6 amide bonds. The number of carbonyl (C=O) groups is 8. The molecule has 9 atom stereocenters. The van der Waals surface area contributed by atoms with E-state index in [-0.39, 0.29) is 63.0 Å². The lowest BCUT2D eigenvalue weighted by atomic mass is 9.98. The Morgan fingerprint density at radius 3 is 1.97 bits per heavy atom. The van der Waals surface area contributed by atoms with Crippen LogP contribution in [0.5, 0.6) is 0 Å². The van der Waals surface area contributed by atoms with Crippen molar-refractivity contribution >= 4 is 53.3 Å². The zero-order chi connectivity index (χ0) is 46.7. The number of aliphatic hydroxyl groups is 1. The molecule has 346 valence electrons. The van der Waals surface area contributed by atoms with Crippen molar-refractivity contribution in [1.82, 2.24) is 31.5 Å². The Labute approximate surface area is 361 Å². The summed E-state index contributed by atoms with van der Waals surface area (Å²) in [7, 11) is 0. The number of rotatable bonds is 26. The summed E-state index contributed by atoms with van der Waals surface area (Å²) in [5.74, 6) is -7.99. The molecule has 1 aromatic carbocycles. The van der Waals surface area contributed by atoms with Gasteiger partial charge in [0.25, 0.3) is 0 Å². The lowest BCUT2D eigenvalue weighted by Crippen LogP contribution is -2.61. The Kier molecular flexibility index (Phi) is 21.8. The van der Waals surface area contributed by atoms with Crippen LogP contribution in [0, 0.1) is 11.8 Å². The van der Waals surface area contributed by atoms with Gasteiger partial charge in [-0.3, -0.25) is 38.6 Å². The van der Waals surface area contributed by atoms with E-state index in [0.29, 0.717) is 18.4 Å². The first-order valence-corrected chi connectivity index (χ1v) is 21.0. The molecule has 0 aromatic heterocycles. The Morgan fingerprint density at radius 1 is 0.806 bits per heavy atom. The molecule has 0 radical (unpaired) electrons. The van der Waals surface area contributed by atoms with E-state index in [0.717, 1.165) is 4.90 Å². The summed E-state index contributed by atoms with van der Waals surface area (Å²) in [6.07, 6.45) is -1.08. The van der Waals surface area contributed by atoms with Gasteiger partial charge >= 0.3 is 11.9 Å². The molecule has 1 aromatic rings. The minimum atomic E-state index is -1.61. The summed E-state index contributed by atoms with van der Waals surface area (Å²) < 4.78 is 0. The van der Waals surface area contributed by atoms with E-state index >= 15 is 0 Å². The maximum Gasteiger partial charge on any atom is 0.326 e. The van der Waals surface area contributed by atoms with Gasteiger partial charge in [0.15, 0.2) is 5.96 Å². The summed E-state index contributed by atoms with van der Waals surface area (Å²) in [6.45, 7) is 8.60. The smallest absolute Gasteiger partial charge is 0.326 e. The van der Waals surface area contributed by atoms with Crippen LogP contribution in [0.4, 0.5) is 0 Å². The van der Waals surface area contributed by atoms with Gasteiger partial charge in [0.2, 0.25) is 35.4 Å². The van der Waals surface area contributed by atoms with Gasteiger partial charge in [0.1, 0.15) is 36.3 Å². The van der Waals surface area contributed by atoms with Crippen molar-refractivity contribution in [3.8, 4) is 0 Å². The number of carboxylic acid groups (broad SMARTS) is 2. The first-order chi connectivity index (χ1) is 29.2. The summed E-state index contributed by atoms with van der Waals surface area (Å²) in [6, 6.07) is -0.327. The average Bonchev–Trinajstić information content (AvgIpc) is 3.71. The van der Waals surface area contributed by atoms with Crippen molar-refractivity contribution < 1.29 is 53.7 Å². The highest BCUT2D eigenvalue weighted by molar-refractivity contribution is 5.97. The van der Waals surface area contributed by atoms with Gasteiger partial charge in [-0.25, -0.2) is 4.79 Å². The molecule has 9 unspecified atom stereocenters. The third-order valence-electron chi connectivity index (χ3n) is 10.5. The van der Waals surface area contributed by atoms with Crippen LogP contribution in [0.25, 0.3) is 0 Å². The fourth-order valence-electron chi connectivity index (χ4n) is 6.78. The normalized spacial score (nSPS) is 17.5. The predicted octanol–water partition coefficient (Wildman–Crippen LogP) is -1.55. The number of hydrogen-bond donors (Lipinski definition) is 11. The predicted molar refractivity (Wildman–Crippen MR) is 228 cm³/mol. The van der Waals surface area contributed by atoms with Crippen molar-refractivity contribution in [3.05, 3.63) is 35.9 Å². The quantitative estimate of drug-likeness (QED) is 0.0285. The number of benzene rings is 1. The molecular weight excluding hydrogens is 809 g/mol. The lowest BCUT2D eigenvalue weighted by Gasteiger charge is -2.32. The highest BCUT2D eigenvalue weighted by atomic mass is 16.4. The molecule has 0 aliphatic carbocycles. The highest BCUT2D eigenvalue weighted by Gasteiger charge is 2.41. The van der Waals surface area contributed by atoms with Gasteiger partial charge in [0.05, 0.1) is 12.1 Å². The van der Waals surface area contributed by atoms with Crippen LogP contribution in [0.15, 0.2) is 35.3 Å². The number of carboxylic acids is 2. The minimum Gasteiger partial charge on any atom is -0.481 e. The van der Waals surface area contributed by atoms with Crippen LogP contribution in [-0.2, 0) is 44.8 Å². The molecule has 14 N–H and O–H groups in total. The zero-order valence-corrected chi connectivity index (χ0v) is 36.2. The number of carbonyl (C=O) groups excluding carboxylic acids is 6. The Hall–Kier alpha value is -5.83. The molecule has 1 heterocycles. The number of amides is 6. The molecule has 2 rings (SSSR count). The van der Waals surface area contributed by atoms with E-state index in [9.17, 15) is 53.7 Å². The van der Waals surface area contributed by atoms with Gasteiger partial charge in [-0.05, 0) is 62.8 Å². The highest BCUT2D eigenvalue weighted by Crippen LogP contribution is 2.21. The number of guanidine groups is 1. The van der Waals surface area contributed by atoms with E-state index < -0.39 is 109 Å². The molecule has 0 saturated carbocycles. The molecule has 1 aliphatic heterocycles. The molecular formula is C41H66N10O11. The van der Waals surface area contributed by atoms with Crippen LogP contribution >= 0.6 is 0 Å². The summed E-state index contributed by atoms with van der Waals surface area (Å²) in [5.41, 5.74) is 17.4. The van der Waals surface area contributed by atoms with Crippen LogP contribution in [0.1, 0.15) is 91.5 Å². The standard InChI is InChI=1S/C41H66N10O11/c1-6-23(4)32(42)38(59)49-29(21-25-12-8-7-9-13-25)35(56)46-26(16-17-31(53)54)34(55)48-28(20-22(2)3)36(57)50-33(24(5)52)39(60)51-19-11-15-30(51)37(58)47-27(40(61)62)14-10-18-45-41(43)44/h7-9,12-13,22-24,26-30,32-33,52H,6,10-11,14-21,42H2,1-5H3,(H,46,56)(H,47,58)(H,48,55)(H,49,59)(H,50,57)(H,53,54)(H,61,62)(H4,43,44,45). The van der Waals surface area contributed by atoms with Crippen molar-refractivity contribution in [2.45, 2.75) is 141 Å². The summed E-state index contributed by atoms with van der Waals surface area (Å²) >= 11 is 0. The Morgan fingerprint density at radius 2 is 1.40 bits per heavy atom. The molecule has 0 spiro atoms. The average molecular weight is 875 g/mol. The van der Waals surface area contributed by atoms with Crippen molar-refractivity contribution in [2.75, 3.05) is 13.1 Å². The second kappa shape index (κ2) is 25.8. The van der Waals surface area contributed by atoms with Gasteiger partial charge in [-0.1, -0.05) is 64.4 Å². The number of nitrogens with two attached hydrogens (primary N) is 3. The molecule has 21 nitrogen and oxygen atoms in total. The first-order valence-electron chi connectivity index (χ1n) is 21.0. The van der Waals surface area contributed by atoms with Crippen LogP contribution < -0.4 is 43.8 Å². The topological polar surface area (TPSA) is 351 Å². The van der Waals surface area contributed by atoms with Crippen molar-refractivity contribution in [3.63, 3.8) is 0 Å². The van der Waals surface area contributed by atoms with Crippen molar-refractivity contribution in [2.24, 2.45) is 34.0 Å². The monoisotopic (exact) mass is 874 g/mol. The maximum absolute atomic E-state index is 13.9. The largest absolute Gasteiger partial charge is 0.481 e. The van der Waals surface area contributed by atoms with Crippen LogP contribution in [0.2, 0.25) is 0 Å². The lowest BCUT2D eigenvalue weighted by molar-refractivity contribution is -0.146. The SMILES string of the molecule is CCC(C)C(N)C(=O)NC(Cc1ccccc1)C(=O)NC(CCC(=O)O)C(=O)NC(CC(C)C)C(=O)NC(C(=O)N1CCCC1C(=O)NC(CCCN=C(N)N)C(=O)O)C(C)O. The zero-order valence-electron chi connectivity index (χ0n) is 36.2. The van der Waals surface area contributed by atoms with E-state index in [2.05, 4.69) is 31.6 Å². The van der Waals surface area contributed by atoms with Gasteiger partial charge in [-0.2, -0.15) is 0 Å². The van der Waals surface area contributed by atoms with Gasteiger partial charge in [0, 0.05) is 25.9 Å². The van der Waals surface area contributed by atoms with E-state index in [4.69, 9.17) is 17.2 Å². The van der Waals surface area contributed by atoms with Crippen LogP contribution in [-0.4, -0.2) is 135 Å². The second-order valence-electron chi connectivity index (χ2n) is 16.1. The van der Waals surface area contributed by atoms with Gasteiger partial charge in [-0.15, -0.1) is 0 Å². The number of hydrogen-bond acceptors (Lipinski definition) is 11. The number of nitrogens with zero attached hydrogens (tertiary/aromatic N) is 2. The third kappa shape index (κ3) is 17.3. The van der Waals surface area contributed by atoms with E-state index in [1.807, 2.05) is 6.92 Å². The Bertz CT molecular complexity index is 1720. The minimum absolute atomic E-state index is 0.00637. The molecule has 1 saturated heterocycles. The molecule has 0 bridgehead atoms. The second-order valence-corrected chi connectivity index (χ2v) is 16.1. The number of aliphatic carboxylic acids is 2. The van der Waals surface area contributed by atoms with Gasteiger partial charge < -0.3 is 64.0 Å². The van der Waals surface area contributed by atoms with E-state index in [1.54, 1.807) is 51.1 Å². The first kappa shape index (κ1) is 52.3. The van der Waals surface area contributed by atoms with Crippen LogP contribution in [0.3, 0.4) is 0 Å². The molecule has 62 heavy (non-hydrogen) atoms. The third-order valence-corrected chi connectivity index (χ3v) is 10.5.